The maximum atomic E-state index is 13.2. The van der Waals surface area contributed by atoms with E-state index in [0.717, 1.165) is 30.8 Å². The number of anilines is 2. The largest absolute Gasteiger partial charge is 0.314 e. The highest BCUT2D eigenvalue weighted by Crippen LogP contribution is 2.50. The molecule has 162 valence electrons. The molecule has 0 bridgehead atoms. The SMILES string of the molecule is Cc1ccc(S(=O)(=O)c2nc(N3c4ccc(C)cc4[C@H]4CN(C)CC[C@@H]43)sc2Cl)cc1. The lowest BCUT2D eigenvalue weighted by Gasteiger charge is -2.36. The number of nitrogens with zero attached hydrogens (tertiary/aromatic N) is 3. The van der Waals surface area contributed by atoms with Crippen molar-refractivity contribution in [2.75, 3.05) is 25.0 Å². The molecule has 0 amide bonds. The molecule has 2 aliphatic heterocycles. The molecule has 31 heavy (non-hydrogen) atoms. The molecule has 0 unspecified atom stereocenters. The third-order valence-corrected chi connectivity index (χ3v) is 9.48. The van der Waals surface area contributed by atoms with E-state index in [4.69, 9.17) is 11.6 Å². The van der Waals surface area contributed by atoms with E-state index >= 15 is 0 Å². The molecular weight excluding hydrogens is 450 g/mol. The molecule has 1 aromatic heterocycles. The van der Waals surface area contributed by atoms with E-state index < -0.39 is 9.84 Å². The summed E-state index contributed by atoms with van der Waals surface area (Å²) in [7, 11) is -1.63. The molecule has 0 saturated carbocycles. The fraction of sp³-hybridized carbons (Fsp3) is 0.348. The topological polar surface area (TPSA) is 53.5 Å². The van der Waals surface area contributed by atoms with E-state index in [0.29, 0.717) is 11.0 Å². The molecule has 2 aliphatic rings. The summed E-state index contributed by atoms with van der Waals surface area (Å²) in [5.74, 6) is 0.369. The molecule has 0 aliphatic carbocycles. The number of thiazole rings is 1. The highest BCUT2D eigenvalue weighted by atomic mass is 35.5. The minimum Gasteiger partial charge on any atom is -0.314 e. The van der Waals surface area contributed by atoms with Crippen LogP contribution in [0, 0.1) is 13.8 Å². The van der Waals surface area contributed by atoms with Gasteiger partial charge in [0.15, 0.2) is 10.2 Å². The van der Waals surface area contributed by atoms with Crippen LogP contribution >= 0.6 is 22.9 Å². The van der Waals surface area contributed by atoms with E-state index in [-0.39, 0.29) is 20.3 Å². The highest BCUT2D eigenvalue weighted by molar-refractivity contribution is 7.91. The summed E-state index contributed by atoms with van der Waals surface area (Å²) < 4.78 is 26.7. The van der Waals surface area contributed by atoms with Crippen LogP contribution in [0.2, 0.25) is 4.34 Å². The van der Waals surface area contributed by atoms with Crippen molar-refractivity contribution in [3.05, 3.63) is 63.5 Å². The fourth-order valence-corrected chi connectivity index (χ4v) is 7.67. The molecule has 1 saturated heterocycles. The fourth-order valence-electron chi connectivity index (χ4n) is 4.71. The van der Waals surface area contributed by atoms with Gasteiger partial charge in [-0.2, -0.15) is 0 Å². The highest BCUT2D eigenvalue weighted by Gasteiger charge is 2.43. The number of likely N-dealkylation sites (tertiary alicyclic amines) is 1. The Kier molecular flexibility index (Phi) is 5.13. The van der Waals surface area contributed by atoms with Crippen LogP contribution in [-0.4, -0.2) is 44.5 Å². The van der Waals surface area contributed by atoms with Crippen molar-refractivity contribution >= 4 is 43.6 Å². The van der Waals surface area contributed by atoms with Gasteiger partial charge in [0.05, 0.1) is 4.90 Å². The Labute approximate surface area is 192 Å². The van der Waals surface area contributed by atoms with Crippen LogP contribution in [0.3, 0.4) is 0 Å². The van der Waals surface area contributed by atoms with Crippen LogP contribution in [0.15, 0.2) is 52.4 Å². The van der Waals surface area contributed by atoms with E-state index in [9.17, 15) is 8.42 Å². The monoisotopic (exact) mass is 473 g/mol. The zero-order valence-electron chi connectivity index (χ0n) is 17.7. The molecule has 5 rings (SSSR count). The molecule has 2 aromatic carbocycles. The summed E-state index contributed by atoms with van der Waals surface area (Å²) in [4.78, 5) is 9.40. The maximum Gasteiger partial charge on any atom is 0.226 e. The van der Waals surface area contributed by atoms with E-state index in [1.807, 2.05) is 6.92 Å². The first-order valence-electron chi connectivity index (χ1n) is 10.3. The predicted molar refractivity (Wildman–Crippen MR) is 126 cm³/mol. The van der Waals surface area contributed by atoms with Crippen molar-refractivity contribution in [3.8, 4) is 0 Å². The summed E-state index contributed by atoms with van der Waals surface area (Å²) >= 11 is 7.73. The van der Waals surface area contributed by atoms with Crippen LogP contribution in [0.4, 0.5) is 10.8 Å². The molecule has 3 aromatic rings. The Balaban J connectivity index is 1.59. The van der Waals surface area contributed by atoms with Crippen molar-refractivity contribution < 1.29 is 8.42 Å². The second-order valence-corrected chi connectivity index (χ2v) is 12.0. The van der Waals surface area contributed by atoms with Gasteiger partial charge >= 0.3 is 0 Å². The second kappa shape index (κ2) is 7.59. The summed E-state index contributed by atoms with van der Waals surface area (Å²) in [6.07, 6.45) is 0.992. The predicted octanol–water partition coefficient (Wildman–Crippen LogP) is 5.19. The van der Waals surface area contributed by atoms with Gasteiger partial charge in [-0.25, -0.2) is 13.4 Å². The van der Waals surface area contributed by atoms with Gasteiger partial charge in [0.2, 0.25) is 9.84 Å². The van der Waals surface area contributed by atoms with Gasteiger partial charge in [-0.05, 0) is 57.6 Å². The number of fused-ring (bicyclic) bond motifs is 3. The van der Waals surface area contributed by atoms with E-state index in [2.05, 4.69) is 47.0 Å². The van der Waals surface area contributed by atoms with Crippen LogP contribution in [0.5, 0.6) is 0 Å². The first-order chi connectivity index (χ1) is 14.8. The summed E-state index contributed by atoms with van der Waals surface area (Å²) in [5.41, 5.74) is 4.65. The molecular formula is C23H24ClN3O2S2. The first kappa shape index (κ1) is 20.9. The molecule has 0 radical (unpaired) electrons. The van der Waals surface area contributed by atoms with Gasteiger partial charge < -0.3 is 9.80 Å². The number of halogens is 1. The van der Waals surface area contributed by atoms with Crippen LogP contribution in [0.25, 0.3) is 0 Å². The Hall–Kier alpha value is -1.93. The van der Waals surface area contributed by atoms with E-state index in [1.54, 1.807) is 24.3 Å². The normalized spacial score (nSPS) is 21.2. The molecule has 0 spiro atoms. The van der Waals surface area contributed by atoms with Gasteiger partial charge in [-0.1, -0.05) is 58.3 Å². The number of hydrogen-bond acceptors (Lipinski definition) is 6. The van der Waals surface area contributed by atoms with Crippen molar-refractivity contribution in [2.45, 2.75) is 42.1 Å². The van der Waals surface area contributed by atoms with Gasteiger partial charge in [-0.3, -0.25) is 0 Å². The minimum atomic E-state index is -3.78. The molecule has 3 heterocycles. The number of rotatable bonds is 3. The van der Waals surface area contributed by atoms with Crippen molar-refractivity contribution in [1.29, 1.82) is 0 Å². The zero-order chi connectivity index (χ0) is 21.9. The average molecular weight is 474 g/mol. The van der Waals surface area contributed by atoms with Crippen molar-refractivity contribution in [2.24, 2.45) is 0 Å². The van der Waals surface area contributed by atoms with Gasteiger partial charge in [0.1, 0.15) is 4.34 Å². The van der Waals surface area contributed by atoms with E-state index in [1.165, 1.54) is 22.5 Å². The number of aromatic nitrogens is 1. The number of sulfone groups is 1. The molecule has 1 fully saturated rings. The summed E-state index contributed by atoms with van der Waals surface area (Å²) in [6, 6.07) is 13.5. The molecule has 0 N–H and O–H groups in total. The van der Waals surface area contributed by atoms with Crippen molar-refractivity contribution in [1.82, 2.24) is 9.88 Å². The molecule has 8 heteroatoms. The van der Waals surface area contributed by atoms with Gasteiger partial charge in [0, 0.05) is 24.2 Å². The standard InChI is InChI=1S/C23H24ClN3O2S2/c1-14-4-7-16(8-5-14)31(28,29)22-21(24)30-23(25-22)27-19-9-6-15(2)12-17(19)18-13-26(3)11-10-20(18)27/h4-9,12,18,20H,10-11,13H2,1-3H3/t18-,20+/m1/s1. The lowest BCUT2D eigenvalue weighted by atomic mass is 9.89. The third-order valence-electron chi connectivity index (χ3n) is 6.29. The number of likely N-dealkylation sites (N-methyl/N-ethyl adjacent to an activating group) is 1. The Morgan fingerprint density at radius 2 is 1.81 bits per heavy atom. The summed E-state index contributed by atoms with van der Waals surface area (Å²) in [6.45, 7) is 6.01. The number of piperidine rings is 1. The average Bonchev–Trinajstić information content (AvgIpc) is 3.26. The Bertz CT molecular complexity index is 1250. The smallest absolute Gasteiger partial charge is 0.226 e. The number of benzene rings is 2. The van der Waals surface area contributed by atoms with Gasteiger partial charge in [0.25, 0.3) is 0 Å². The van der Waals surface area contributed by atoms with Crippen LogP contribution in [-0.2, 0) is 9.84 Å². The lowest BCUT2D eigenvalue weighted by molar-refractivity contribution is 0.236. The quantitative estimate of drug-likeness (QED) is 0.524. The number of aryl methyl sites for hydroxylation is 2. The van der Waals surface area contributed by atoms with Crippen LogP contribution in [0.1, 0.15) is 29.0 Å². The summed E-state index contributed by atoms with van der Waals surface area (Å²) in [5, 5.41) is 0.598. The maximum absolute atomic E-state index is 13.2. The van der Waals surface area contributed by atoms with Crippen molar-refractivity contribution in [3.63, 3.8) is 0 Å². The second-order valence-electron chi connectivity index (χ2n) is 8.55. The zero-order valence-corrected chi connectivity index (χ0v) is 20.1. The molecule has 5 nitrogen and oxygen atoms in total. The third kappa shape index (κ3) is 3.48. The van der Waals surface area contributed by atoms with Crippen LogP contribution < -0.4 is 4.90 Å². The Morgan fingerprint density at radius 3 is 2.55 bits per heavy atom. The Morgan fingerprint density at radius 1 is 1.10 bits per heavy atom. The minimum absolute atomic E-state index is 0.0527. The number of hydrogen-bond donors (Lipinski definition) is 0. The first-order valence-corrected chi connectivity index (χ1v) is 13.0. The molecule has 2 atom stereocenters. The lowest BCUT2D eigenvalue weighted by Crippen LogP contribution is -2.43. The van der Waals surface area contributed by atoms with Gasteiger partial charge in [-0.15, -0.1) is 0 Å².